The zero-order chi connectivity index (χ0) is 17.3. The van der Waals surface area contributed by atoms with Gasteiger partial charge in [0, 0.05) is 11.1 Å². The highest BCUT2D eigenvalue weighted by molar-refractivity contribution is 7.89. The van der Waals surface area contributed by atoms with Gasteiger partial charge in [0.1, 0.15) is 4.90 Å². The molecule has 0 saturated heterocycles. The van der Waals surface area contributed by atoms with Crippen molar-refractivity contribution in [1.29, 1.82) is 0 Å². The fourth-order valence-corrected chi connectivity index (χ4v) is 4.27. The van der Waals surface area contributed by atoms with E-state index in [1.807, 2.05) is 12.1 Å². The van der Waals surface area contributed by atoms with Crippen molar-refractivity contribution in [2.45, 2.75) is 36.5 Å². The minimum Gasteiger partial charge on any atom is -0.289 e. The summed E-state index contributed by atoms with van der Waals surface area (Å²) in [6.45, 7) is 0. The molecule has 0 aliphatic heterocycles. The summed E-state index contributed by atoms with van der Waals surface area (Å²) in [5.41, 5.74) is 2.02. The van der Waals surface area contributed by atoms with Crippen molar-refractivity contribution in [3.63, 3.8) is 0 Å². The highest BCUT2D eigenvalue weighted by Crippen LogP contribution is 2.34. The normalized spacial score (nSPS) is 15.6. The maximum Gasteiger partial charge on any atom is 0.239 e. The van der Waals surface area contributed by atoms with Crippen LogP contribution < -0.4 is 5.14 Å². The molecule has 0 radical (unpaired) electrons. The summed E-state index contributed by atoms with van der Waals surface area (Å²) < 4.78 is 23.1. The summed E-state index contributed by atoms with van der Waals surface area (Å²) in [5, 5.41) is 5.14. The first-order valence-corrected chi connectivity index (χ1v) is 9.76. The third kappa shape index (κ3) is 3.53. The maximum atomic E-state index is 12.6. The minimum atomic E-state index is -3.97. The van der Waals surface area contributed by atoms with Gasteiger partial charge in [0.2, 0.25) is 10.0 Å². The van der Waals surface area contributed by atoms with Gasteiger partial charge in [-0.15, -0.1) is 0 Å². The lowest BCUT2D eigenvalue weighted by atomic mass is 9.95. The second-order valence-corrected chi connectivity index (χ2v) is 8.06. The molecule has 0 heterocycles. The van der Waals surface area contributed by atoms with Crippen LogP contribution in [0.3, 0.4) is 0 Å². The summed E-state index contributed by atoms with van der Waals surface area (Å²) in [7, 11) is -3.97. The first-order valence-electron chi connectivity index (χ1n) is 7.83. The number of nitrogens with two attached hydrogens (primary N) is 1. The molecule has 0 spiro atoms. The number of rotatable bonds is 4. The van der Waals surface area contributed by atoms with Gasteiger partial charge in [-0.25, -0.2) is 13.6 Å². The Morgan fingerprint density at radius 2 is 1.58 bits per heavy atom. The quantitative estimate of drug-likeness (QED) is 0.837. The van der Waals surface area contributed by atoms with Crippen molar-refractivity contribution >= 4 is 27.4 Å². The lowest BCUT2D eigenvalue weighted by molar-refractivity contribution is 0.103. The lowest BCUT2D eigenvalue weighted by Crippen LogP contribution is -2.14. The van der Waals surface area contributed by atoms with Crippen LogP contribution in [-0.4, -0.2) is 14.2 Å². The van der Waals surface area contributed by atoms with Gasteiger partial charge in [0.15, 0.2) is 5.78 Å². The van der Waals surface area contributed by atoms with E-state index in [9.17, 15) is 13.2 Å². The Bertz CT molecular complexity index is 870. The van der Waals surface area contributed by atoms with E-state index in [-0.39, 0.29) is 21.3 Å². The number of hydrogen-bond donors (Lipinski definition) is 1. The highest BCUT2D eigenvalue weighted by atomic mass is 35.5. The minimum absolute atomic E-state index is 0.00521. The lowest BCUT2D eigenvalue weighted by Gasteiger charge is -2.10. The molecule has 0 unspecified atom stereocenters. The average Bonchev–Trinajstić information content (AvgIpc) is 3.08. The predicted molar refractivity (Wildman–Crippen MR) is 93.9 cm³/mol. The van der Waals surface area contributed by atoms with Crippen LogP contribution in [0.4, 0.5) is 0 Å². The van der Waals surface area contributed by atoms with Gasteiger partial charge in [-0.3, -0.25) is 4.79 Å². The van der Waals surface area contributed by atoms with E-state index >= 15 is 0 Å². The molecular formula is C18H18ClNO3S. The Labute approximate surface area is 146 Å². The zero-order valence-corrected chi connectivity index (χ0v) is 14.6. The van der Waals surface area contributed by atoms with Crippen molar-refractivity contribution in [3.8, 4) is 0 Å². The molecule has 1 aliphatic rings. The maximum absolute atomic E-state index is 12.6. The second kappa shape index (κ2) is 6.67. The molecule has 0 atom stereocenters. The average molecular weight is 364 g/mol. The highest BCUT2D eigenvalue weighted by Gasteiger charge is 2.19. The monoisotopic (exact) mass is 363 g/mol. The number of primary sulfonamides is 1. The number of halogens is 1. The number of sulfonamides is 1. The fourth-order valence-electron chi connectivity index (χ4n) is 3.20. The fraction of sp³-hybridized carbons (Fsp3) is 0.278. The van der Waals surface area contributed by atoms with E-state index in [1.54, 1.807) is 12.1 Å². The third-order valence-corrected chi connectivity index (χ3v) is 5.89. The largest absolute Gasteiger partial charge is 0.289 e. The summed E-state index contributed by atoms with van der Waals surface area (Å²) in [6.07, 6.45) is 4.91. The molecule has 2 N–H and O–H groups in total. The molecular weight excluding hydrogens is 346 g/mol. The Morgan fingerprint density at radius 3 is 2.17 bits per heavy atom. The molecule has 0 bridgehead atoms. The molecule has 3 rings (SSSR count). The van der Waals surface area contributed by atoms with E-state index in [0.717, 1.165) is 0 Å². The first kappa shape index (κ1) is 17.1. The van der Waals surface area contributed by atoms with Gasteiger partial charge >= 0.3 is 0 Å². The van der Waals surface area contributed by atoms with Gasteiger partial charge in [-0.2, -0.15) is 0 Å². The number of hydrogen-bond acceptors (Lipinski definition) is 3. The topological polar surface area (TPSA) is 77.2 Å². The molecule has 0 aromatic heterocycles. The standard InChI is InChI=1S/C18H18ClNO3S/c19-16-10-9-15(11-17(16)24(20,22)23)18(21)14-7-5-13(6-8-14)12-3-1-2-4-12/h5-12H,1-4H2,(H2,20,22,23). The summed E-state index contributed by atoms with van der Waals surface area (Å²) in [4.78, 5) is 12.4. The molecule has 0 amide bonds. The van der Waals surface area contributed by atoms with Crippen LogP contribution >= 0.6 is 11.6 Å². The molecule has 1 fully saturated rings. The van der Waals surface area contributed by atoms with Gasteiger partial charge in [-0.1, -0.05) is 48.7 Å². The van der Waals surface area contributed by atoms with Gasteiger partial charge in [0.25, 0.3) is 0 Å². The Balaban J connectivity index is 1.89. The van der Waals surface area contributed by atoms with Crippen LogP contribution in [-0.2, 0) is 10.0 Å². The van der Waals surface area contributed by atoms with E-state index in [2.05, 4.69) is 0 Å². The second-order valence-electron chi connectivity index (χ2n) is 6.12. The SMILES string of the molecule is NS(=O)(=O)c1cc(C(=O)c2ccc(C3CCCC3)cc2)ccc1Cl. The van der Waals surface area contributed by atoms with Crippen LogP contribution in [0.25, 0.3) is 0 Å². The summed E-state index contributed by atoms with van der Waals surface area (Å²) in [5.74, 6) is 0.327. The Morgan fingerprint density at radius 1 is 1.00 bits per heavy atom. The number of carbonyl (C=O) groups is 1. The van der Waals surface area contributed by atoms with Crippen LogP contribution in [0.2, 0.25) is 5.02 Å². The van der Waals surface area contributed by atoms with Crippen LogP contribution in [0.1, 0.15) is 53.1 Å². The molecule has 6 heteroatoms. The predicted octanol–water partition coefficient (Wildman–Crippen LogP) is 3.88. The molecule has 2 aromatic rings. The van der Waals surface area contributed by atoms with Crippen LogP contribution in [0.15, 0.2) is 47.4 Å². The molecule has 1 aliphatic carbocycles. The van der Waals surface area contributed by atoms with Crippen LogP contribution in [0, 0.1) is 0 Å². The van der Waals surface area contributed by atoms with E-state index in [0.29, 0.717) is 11.5 Å². The van der Waals surface area contributed by atoms with E-state index in [4.69, 9.17) is 16.7 Å². The first-order chi connectivity index (χ1) is 11.4. The van der Waals surface area contributed by atoms with E-state index < -0.39 is 10.0 Å². The smallest absolute Gasteiger partial charge is 0.239 e. The number of carbonyl (C=O) groups excluding carboxylic acids is 1. The molecule has 1 saturated carbocycles. The number of benzene rings is 2. The Kier molecular flexibility index (Phi) is 4.76. The summed E-state index contributed by atoms with van der Waals surface area (Å²) >= 11 is 5.85. The van der Waals surface area contributed by atoms with Crippen molar-refractivity contribution < 1.29 is 13.2 Å². The van der Waals surface area contributed by atoms with Crippen molar-refractivity contribution in [1.82, 2.24) is 0 Å². The molecule has 4 nitrogen and oxygen atoms in total. The van der Waals surface area contributed by atoms with Crippen molar-refractivity contribution in [2.75, 3.05) is 0 Å². The third-order valence-electron chi connectivity index (χ3n) is 4.50. The molecule has 126 valence electrons. The van der Waals surface area contributed by atoms with Gasteiger partial charge in [0.05, 0.1) is 5.02 Å². The molecule has 2 aromatic carbocycles. The van der Waals surface area contributed by atoms with Crippen molar-refractivity contribution in [2.24, 2.45) is 5.14 Å². The zero-order valence-electron chi connectivity index (χ0n) is 13.0. The van der Waals surface area contributed by atoms with Crippen molar-refractivity contribution in [3.05, 3.63) is 64.2 Å². The van der Waals surface area contributed by atoms with E-state index in [1.165, 1.54) is 49.4 Å². The van der Waals surface area contributed by atoms with Gasteiger partial charge in [-0.05, 0) is 42.5 Å². The summed E-state index contributed by atoms with van der Waals surface area (Å²) in [6, 6.07) is 11.7. The van der Waals surface area contributed by atoms with Crippen LogP contribution in [0.5, 0.6) is 0 Å². The molecule has 24 heavy (non-hydrogen) atoms. The number of ketones is 1. The Hall–Kier alpha value is -1.69. The van der Waals surface area contributed by atoms with Gasteiger partial charge < -0.3 is 0 Å².